The first-order valence-corrected chi connectivity index (χ1v) is 13.7. The van der Waals surface area contributed by atoms with Crippen molar-refractivity contribution in [2.45, 2.75) is 63.5 Å². The third-order valence-corrected chi connectivity index (χ3v) is 8.26. The Morgan fingerprint density at radius 2 is 1.97 bits per heavy atom. The van der Waals surface area contributed by atoms with Crippen LogP contribution < -0.4 is 4.74 Å². The average Bonchev–Trinajstić information content (AvgIpc) is 3.42. The normalized spacial score (nSPS) is 26.6. The molecule has 0 N–H and O–H groups in total. The van der Waals surface area contributed by atoms with Gasteiger partial charge in [-0.05, 0) is 74.8 Å². The van der Waals surface area contributed by atoms with Gasteiger partial charge in [-0.3, -0.25) is 0 Å². The van der Waals surface area contributed by atoms with E-state index in [9.17, 15) is 4.79 Å². The van der Waals surface area contributed by atoms with E-state index in [1.165, 1.54) is 18.4 Å². The molecule has 1 saturated heterocycles. The standard InChI is InChI=1S/C26H31Cl2FO5S/c1-31-26(30)24-9-8-19(35-24)5-4-6-20-21(15-33-18-12-16(27)11-17(28)13-18)23(14-22(20)29)34-25-7-2-3-10-32-25/h8-9,11-13,20-23,25H,2-7,10,14-15H2,1H3/t20-,21-,22-,23-,25?/m1/s1. The Labute approximate surface area is 219 Å². The predicted molar refractivity (Wildman–Crippen MR) is 136 cm³/mol. The highest BCUT2D eigenvalue weighted by molar-refractivity contribution is 7.13. The summed E-state index contributed by atoms with van der Waals surface area (Å²) in [4.78, 5) is 13.4. The van der Waals surface area contributed by atoms with Gasteiger partial charge in [0.2, 0.25) is 0 Å². The van der Waals surface area contributed by atoms with Crippen molar-refractivity contribution in [3.05, 3.63) is 50.1 Å². The molecule has 1 aromatic carbocycles. The van der Waals surface area contributed by atoms with E-state index in [0.29, 0.717) is 46.7 Å². The Bertz CT molecular complexity index is 960. The van der Waals surface area contributed by atoms with Crippen molar-refractivity contribution in [2.75, 3.05) is 20.3 Å². The molecule has 1 saturated carbocycles. The summed E-state index contributed by atoms with van der Waals surface area (Å²) in [6.07, 6.45) is 3.98. The number of hydrogen-bond donors (Lipinski definition) is 0. The molecule has 35 heavy (non-hydrogen) atoms. The van der Waals surface area contributed by atoms with Crippen molar-refractivity contribution >= 4 is 40.5 Å². The van der Waals surface area contributed by atoms with E-state index in [-0.39, 0.29) is 30.2 Å². The van der Waals surface area contributed by atoms with Crippen molar-refractivity contribution in [1.82, 2.24) is 0 Å². The van der Waals surface area contributed by atoms with Crippen molar-refractivity contribution in [2.24, 2.45) is 11.8 Å². The van der Waals surface area contributed by atoms with E-state index in [0.717, 1.165) is 37.0 Å². The van der Waals surface area contributed by atoms with Crippen LogP contribution in [0.1, 0.15) is 53.1 Å². The molecule has 5 nitrogen and oxygen atoms in total. The first kappa shape index (κ1) is 26.7. The molecule has 0 bridgehead atoms. The molecule has 0 spiro atoms. The van der Waals surface area contributed by atoms with Crippen molar-refractivity contribution < 1.29 is 28.1 Å². The van der Waals surface area contributed by atoms with Crippen LogP contribution in [0, 0.1) is 11.8 Å². The summed E-state index contributed by atoms with van der Waals surface area (Å²) in [6.45, 7) is 0.987. The van der Waals surface area contributed by atoms with E-state index in [1.807, 2.05) is 6.07 Å². The number of ether oxygens (including phenoxy) is 4. The van der Waals surface area contributed by atoms with Crippen LogP contribution in [0.4, 0.5) is 4.39 Å². The van der Waals surface area contributed by atoms with E-state index < -0.39 is 6.17 Å². The highest BCUT2D eigenvalue weighted by Crippen LogP contribution is 2.41. The number of benzene rings is 1. The van der Waals surface area contributed by atoms with Gasteiger partial charge >= 0.3 is 5.97 Å². The van der Waals surface area contributed by atoms with Gasteiger partial charge in [-0.25, -0.2) is 9.18 Å². The third-order valence-electron chi connectivity index (χ3n) is 6.70. The van der Waals surface area contributed by atoms with E-state index in [1.54, 1.807) is 24.3 Å². The molecule has 2 heterocycles. The number of hydrogen-bond acceptors (Lipinski definition) is 6. The van der Waals surface area contributed by atoms with Crippen LogP contribution >= 0.6 is 34.5 Å². The van der Waals surface area contributed by atoms with Crippen molar-refractivity contribution in [1.29, 1.82) is 0 Å². The Balaban J connectivity index is 1.40. The first-order chi connectivity index (χ1) is 16.9. The fourth-order valence-corrected chi connectivity index (χ4v) is 6.42. The van der Waals surface area contributed by atoms with Gasteiger partial charge in [0.1, 0.15) is 16.8 Å². The summed E-state index contributed by atoms with van der Waals surface area (Å²) in [6, 6.07) is 8.78. The molecule has 2 aromatic rings. The highest BCUT2D eigenvalue weighted by Gasteiger charge is 2.45. The number of carbonyl (C=O) groups excluding carboxylic acids is 1. The van der Waals surface area contributed by atoms with Crippen LogP contribution in [0.5, 0.6) is 5.75 Å². The molecule has 0 amide bonds. The lowest BCUT2D eigenvalue weighted by molar-refractivity contribution is -0.197. The fourth-order valence-electron chi connectivity index (χ4n) is 4.95. The molecular weight excluding hydrogens is 514 g/mol. The SMILES string of the molecule is COC(=O)c1ccc(CCC[C@@H]2[C@@H](COc3cc(Cl)cc(Cl)c3)[C@H](OC3CCCCO3)C[C@H]2F)s1. The molecule has 1 unspecified atom stereocenters. The number of aryl methyl sites for hydroxylation is 1. The van der Waals surface area contributed by atoms with Crippen LogP contribution in [0.15, 0.2) is 30.3 Å². The molecule has 1 aliphatic heterocycles. The lowest BCUT2D eigenvalue weighted by atomic mass is 9.89. The number of alkyl halides is 1. The minimum absolute atomic E-state index is 0.123. The highest BCUT2D eigenvalue weighted by atomic mass is 35.5. The van der Waals surface area contributed by atoms with Gasteiger partial charge in [0.05, 0.1) is 19.8 Å². The van der Waals surface area contributed by atoms with Gasteiger partial charge in [-0.1, -0.05) is 23.2 Å². The third kappa shape index (κ3) is 7.32. The minimum atomic E-state index is -0.978. The summed E-state index contributed by atoms with van der Waals surface area (Å²) in [5, 5.41) is 0.981. The van der Waals surface area contributed by atoms with E-state index in [4.69, 9.17) is 42.1 Å². The van der Waals surface area contributed by atoms with Crippen molar-refractivity contribution in [3.63, 3.8) is 0 Å². The average molecular weight is 546 g/mol. The predicted octanol–water partition coefficient (Wildman–Crippen LogP) is 7.13. The van der Waals surface area contributed by atoms with Gasteiger partial charge in [0.15, 0.2) is 6.29 Å². The number of carbonyl (C=O) groups is 1. The van der Waals surface area contributed by atoms with Gasteiger partial charge in [0.25, 0.3) is 0 Å². The number of halogens is 3. The number of rotatable bonds is 10. The Morgan fingerprint density at radius 1 is 1.17 bits per heavy atom. The van der Waals surface area contributed by atoms with Gasteiger partial charge in [-0.15, -0.1) is 11.3 Å². The summed E-state index contributed by atoms with van der Waals surface area (Å²) in [5.41, 5.74) is 0. The Morgan fingerprint density at radius 3 is 2.69 bits per heavy atom. The molecule has 2 fully saturated rings. The number of thiophene rings is 1. The van der Waals surface area contributed by atoms with Gasteiger partial charge in [0, 0.05) is 33.9 Å². The van der Waals surface area contributed by atoms with Gasteiger partial charge < -0.3 is 18.9 Å². The van der Waals surface area contributed by atoms with E-state index in [2.05, 4.69) is 0 Å². The van der Waals surface area contributed by atoms with Crippen LogP contribution in [0.2, 0.25) is 10.0 Å². The molecule has 0 radical (unpaired) electrons. The molecule has 2 aliphatic rings. The molecule has 1 aliphatic carbocycles. The van der Waals surface area contributed by atoms with Crippen LogP contribution in [0.25, 0.3) is 0 Å². The largest absolute Gasteiger partial charge is 0.493 e. The minimum Gasteiger partial charge on any atom is -0.493 e. The van der Waals surface area contributed by atoms with Crippen LogP contribution in [-0.4, -0.2) is 44.9 Å². The number of methoxy groups -OCH3 is 1. The molecule has 192 valence electrons. The summed E-state index contributed by atoms with van der Waals surface area (Å²) < 4.78 is 38.2. The molecule has 5 atom stereocenters. The summed E-state index contributed by atoms with van der Waals surface area (Å²) in [5.74, 6) is -0.0881. The van der Waals surface area contributed by atoms with Crippen LogP contribution in [0.3, 0.4) is 0 Å². The second-order valence-electron chi connectivity index (χ2n) is 9.12. The molecule has 1 aromatic heterocycles. The Kier molecular flexibility index (Phi) is 9.70. The quantitative estimate of drug-likeness (QED) is 0.298. The molecular formula is C26H31Cl2FO5S. The number of esters is 1. The second kappa shape index (κ2) is 12.7. The first-order valence-electron chi connectivity index (χ1n) is 12.1. The van der Waals surface area contributed by atoms with Gasteiger partial charge in [-0.2, -0.15) is 0 Å². The Hall–Kier alpha value is -1.38. The smallest absolute Gasteiger partial charge is 0.348 e. The molecule has 4 rings (SSSR count). The topological polar surface area (TPSA) is 54.0 Å². The zero-order chi connectivity index (χ0) is 24.8. The summed E-state index contributed by atoms with van der Waals surface area (Å²) in [7, 11) is 1.37. The fraction of sp³-hybridized carbons (Fsp3) is 0.577. The van der Waals surface area contributed by atoms with Crippen LogP contribution in [-0.2, 0) is 20.6 Å². The zero-order valence-electron chi connectivity index (χ0n) is 19.7. The lowest BCUT2D eigenvalue weighted by Gasteiger charge is -2.30. The maximum absolute atomic E-state index is 15.3. The molecule has 9 heteroatoms. The lowest BCUT2D eigenvalue weighted by Crippen LogP contribution is -2.34. The maximum Gasteiger partial charge on any atom is 0.348 e. The van der Waals surface area contributed by atoms with E-state index >= 15 is 4.39 Å². The van der Waals surface area contributed by atoms with Crippen molar-refractivity contribution in [3.8, 4) is 5.75 Å². The zero-order valence-corrected chi connectivity index (χ0v) is 22.0. The summed E-state index contributed by atoms with van der Waals surface area (Å²) >= 11 is 13.7. The maximum atomic E-state index is 15.3. The monoisotopic (exact) mass is 544 g/mol. The second-order valence-corrected chi connectivity index (χ2v) is 11.2.